The van der Waals surface area contributed by atoms with Gasteiger partial charge in [0.15, 0.2) is 4.80 Å². The van der Waals surface area contributed by atoms with Crippen LogP contribution in [0.1, 0.15) is 24.1 Å². The second kappa shape index (κ2) is 11.0. The van der Waals surface area contributed by atoms with Gasteiger partial charge in [-0.3, -0.25) is 9.36 Å². The largest absolute Gasteiger partial charge is 0.497 e. The standard InChI is InChI=1S/C28H26N2O5S/c1-5-15-34-22-11-7-19(8-12-22)17-23-26(31)30-25(20-9-13-21(33-4)14-10-20)24(27(32)35-16-6-2)18(3)29-28(30)36-23/h5-14,17,25H,1-2,15-16H2,3-4H3/b23-17-/t25-/m1/s1. The Bertz CT molecular complexity index is 1500. The summed E-state index contributed by atoms with van der Waals surface area (Å²) in [5.74, 6) is 0.843. The van der Waals surface area contributed by atoms with Crippen molar-refractivity contribution < 1.29 is 19.0 Å². The maximum absolute atomic E-state index is 13.7. The molecule has 0 spiro atoms. The maximum atomic E-state index is 13.7. The highest BCUT2D eigenvalue weighted by atomic mass is 32.1. The average molecular weight is 503 g/mol. The molecule has 1 aliphatic heterocycles. The topological polar surface area (TPSA) is 79.1 Å². The first kappa shape index (κ1) is 24.9. The molecule has 0 amide bonds. The third-order valence-electron chi connectivity index (χ3n) is 5.55. The molecular weight excluding hydrogens is 476 g/mol. The summed E-state index contributed by atoms with van der Waals surface area (Å²) in [6, 6.07) is 14.0. The smallest absolute Gasteiger partial charge is 0.338 e. The van der Waals surface area contributed by atoms with Gasteiger partial charge in [0.1, 0.15) is 24.7 Å². The number of benzene rings is 2. The van der Waals surface area contributed by atoms with E-state index in [1.807, 2.05) is 36.4 Å². The van der Waals surface area contributed by atoms with Gasteiger partial charge in [-0.15, -0.1) is 0 Å². The van der Waals surface area contributed by atoms with E-state index in [1.54, 1.807) is 42.9 Å². The SMILES string of the molecule is C=CCOC(=O)C1=C(C)N=c2s/c(=C\c3ccc(OCC=C)cc3)c(=O)n2[C@@H]1c1ccc(OC)cc1. The molecule has 36 heavy (non-hydrogen) atoms. The monoisotopic (exact) mass is 502 g/mol. The van der Waals surface area contributed by atoms with Crippen LogP contribution in [0, 0.1) is 0 Å². The van der Waals surface area contributed by atoms with Crippen molar-refractivity contribution in [3.63, 3.8) is 0 Å². The number of carbonyl (C=O) groups excluding carboxylic acids is 1. The summed E-state index contributed by atoms with van der Waals surface area (Å²) in [5, 5.41) is 0. The van der Waals surface area contributed by atoms with Crippen LogP contribution >= 0.6 is 11.3 Å². The van der Waals surface area contributed by atoms with Gasteiger partial charge in [0, 0.05) is 0 Å². The van der Waals surface area contributed by atoms with Crippen molar-refractivity contribution in [2.45, 2.75) is 13.0 Å². The fraction of sp³-hybridized carbons (Fsp3) is 0.179. The summed E-state index contributed by atoms with van der Waals surface area (Å²) in [6.07, 6.45) is 4.98. The third-order valence-corrected chi connectivity index (χ3v) is 6.53. The summed E-state index contributed by atoms with van der Waals surface area (Å²) in [4.78, 5) is 31.8. The summed E-state index contributed by atoms with van der Waals surface area (Å²) in [6.45, 7) is 9.47. The summed E-state index contributed by atoms with van der Waals surface area (Å²) in [7, 11) is 1.58. The summed E-state index contributed by atoms with van der Waals surface area (Å²) in [5.41, 5.74) is 2.15. The number of hydrogen-bond acceptors (Lipinski definition) is 7. The Kier molecular flexibility index (Phi) is 7.65. The highest BCUT2D eigenvalue weighted by Gasteiger charge is 2.33. The predicted octanol–water partition coefficient (Wildman–Crippen LogP) is 3.54. The minimum absolute atomic E-state index is 0.0574. The molecule has 0 saturated heterocycles. The molecule has 1 aliphatic rings. The van der Waals surface area contributed by atoms with E-state index in [9.17, 15) is 9.59 Å². The van der Waals surface area contributed by atoms with Gasteiger partial charge in [0.2, 0.25) is 0 Å². The number of esters is 1. The van der Waals surface area contributed by atoms with E-state index in [4.69, 9.17) is 14.2 Å². The molecule has 2 aromatic carbocycles. The molecule has 8 heteroatoms. The van der Waals surface area contributed by atoms with Crippen molar-refractivity contribution in [1.29, 1.82) is 0 Å². The quantitative estimate of drug-likeness (QED) is 0.330. The number of thiazole rings is 1. The Morgan fingerprint density at radius 1 is 1.06 bits per heavy atom. The minimum Gasteiger partial charge on any atom is -0.497 e. The van der Waals surface area contributed by atoms with Crippen molar-refractivity contribution in [3.8, 4) is 11.5 Å². The van der Waals surface area contributed by atoms with Crippen LogP contribution in [-0.4, -0.2) is 30.9 Å². The molecule has 7 nitrogen and oxygen atoms in total. The van der Waals surface area contributed by atoms with Gasteiger partial charge >= 0.3 is 5.97 Å². The minimum atomic E-state index is -0.693. The number of methoxy groups -OCH3 is 1. The van der Waals surface area contributed by atoms with Gasteiger partial charge < -0.3 is 14.2 Å². The Labute approximate surface area is 212 Å². The first-order valence-electron chi connectivity index (χ1n) is 11.2. The van der Waals surface area contributed by atoms with Crippen LogP contribution in [0.4, 0.5) is 0 Å². The highest BCUT2D eigenvalue weighted by Crippen LogP contribution is 2.31. The van der Waals surface area contributed by atoms with E-state index in [0.717, 1.165) is 11.1 Å². The van der Waals surface area contributed by atoms with Crippen LogP contribution in [0.25, 0.3) is 6.08 Å². The Morgan fingerprint density at radius 2 is 1.72 bits per heavy atom. The molecule has 1 atom stereocenters. The van der Waals surface area contributed by atoms with Crippen LogP contribution in [0.5, 0.6) is 11.5 Å². The van der Waals surface area contributed by atoms with Gasteiger partial charge in [-0.1, -0.05) is 60.9 Å². The van der Waals surface area contributed by atoms with E-state index >= 15 is 0 Å². The number of aromatic nitrogens is 1. The van der Waals surface area contributed by atoms with Gasteiger partial charge in [-0.25, -0.2) is 9.79 Å². The molecule has 0 N–H and O–H groups in total. The zero-order valence-electron chi connectivity index (χ0n) is 20.1. The Morgan fingerprint density at radius 3 is 2.36 bits per heavy atom. The second-order valence-electron chi connectivity index (χ2n) is 7.91. The van der Waals surface area contributed by atoms with Gasteiger partial charge in [0.25, 0.3) is 5.56 Å². The van der Waals surface area contributed by atoms with Crippen LogP contribution < -0.4 is 24.4 Å². The zero-order valence-corrected chi connectivity index (χ0v) is 20.9. The van der Waals surface area contributed by atoms with Crippen molar-refractivity contribution in [2.75, 3.05) is 20.3 Å². The number of hydrogen-bond donors (Lipinski definition) is 0. The fourth-order valence-electron chi connectivity index (χ4n) is 3.86. The molecule has 2 heterocycles. The lowest BCUT2D eigenvalue weighted by atomic mass is 9.96. The molecular formula is C28H26N2O5S. The number of rotatable bonds is 9. The molecule has 1 aromatic heterocycles. The van der Waals surface area contributed by atoms with Crippen molar-refractivity contribution in [3.05, 3.63) is 116 Å². The number of allylic oxidation sites excluding steroid dienone is 1. The maximum Gasteiger partial charge on any atom is 0.338 e. The molecule has 0 bridgehead atoms. The molecule has 184 valence electrons. The fourth-order valence-corrected chi connectivity index (χ4v) is 4.91. The lowest BCUT2D eigenvalue weighted by Gasteiger charge is -2.24. The molecule has 0 aliphatic carbocycles. The number of ether oxygens (including phenoxy) is 3. The van der Waals surface area contributed by atoms with Gasteiger partial charge in [0.05, 0.1) is 29.0 Å². The average Bonchev–Trinajstić information content (AvgIpc) is 3.20. The lowest BCUT2D eigenvalue weighted by molar-refractivity contribution is -0.138. The predicted molar refractivity (Wildman–Crippen MR) is 140 cm³/mol. The van der Waals surface area contributed by atoms with Crippen LogP contribution in [0.3, 0.4) is 0 Å². The van der Waals surface area contributed by atoms with E-state index in [-0.39, 0.29) is 12.2 Å². The van der Waals surface area contributed by atoms with Crippen molar-refractivity contribution in [1.82, 2.24) is 4.57 Å². The van der Waals surface area contributed by atoms with Gasteiger partial charge in [-0.05, 0) is 48.4 Å². The van der Waals surface area contributed by atoms with E-state index in [0.29, 0.717) is 38.7 Å². The Hall–Kier alpha value is -4.17. The van der Waals surface area contributed by atoms with Crippen molar-refractivity contribution >= 4 is 23.4 Å². The van der Waals surface area contributed by atoms with Crippen molar-refractivity contribution in [2.24, 2.45) is 4.99 Å². The highest BCUT2D eigenvalue weighted by molar-refractivity contribution is 7.07. The molecule has 3 aromatic rings. The number of carbonyl (C=O) groups is 1. The number of nitrogens with zero attached hydrogens (tertiary/aromatic N) is 2. The molecule has 4 rings (SSSR count). The van der Waals surface area contributed by atoms with Crippen LogP contribution in [-0.2, 0) is 9.53 Å². The zero-order chi connectivity index (χ0) is 25.7. The van der Waals surface area contributed by atoms with Crippen LogP contribution in [0.15, 0.2) is 94.9 Å². The first-order valence-corrected chi connectivity index (χ1v) is 12.1. The summed E-state index contributed by atoms with van der Waals surface area (Å²) < 4.78 is 18.2. The molecule has 0 radical (unpaired) electrons. The Balaban J connectivity index is 1.83. The lowest BCUT2D eigenvalue weighted by Crippen LogP contribution is -2.39. The first-order chi connectivity index (χ1) is 17.5. The normalized spacial score (nSPS) is 15.1. The van der Waals surface area contributed by atoms with E-state index in [1.165, 1.54) is 17.4 Å². The molecule has 0 unspecified atom stereocenters. The number of fused-ring (bicyclic) bond motifs is 1. The second-order valence-corrected chi connectivity index (χ2v) is 8.92. The third kappa shape index (κ3) is 5.08. The van der Waals surface area contributed by atoms with E-state index < -0.39 is 12.0 Å². The van der Waals surface area contributed by atoms with Gasteiger partial charge in [-0.2, -0.15) is 0 Å². The summed E-state index contributed by atoms with van der Waals surface area (Å²) >= 11 is 1.27. The molecule has 0 fully saturated rings. The van der Waals surface area contributed by atoms with E-state index in [2.05, 4.69) is 18.2 Å². The van der Waals surface area contributed by atoms with Crippen LogP contribution in [0.2, 0.25) is 0 Å². The molecule has 0 saturated carbocycles.